The number of nitrogens with zero attached hydrogens (tertiary/aromatic N) is 2. The van der Waals surface area contributed by atoms with Crippen LogP contribution in [0.4, 0.5) is 10.1 Å². The highest BCUT2D eigenvalue weighted by molar-refractivity contribution is 6.12. The highest BCUT2D eigenvalue weighted by Gasteiger charge is 2.31. The number of nitrogens with one attached hydrogen (secondary N) is 1. The zero-order chi connectivity index (χ0) is 22.3. The zero-order valence-electron chi connectivity index (χ0n) is 17.8. The molecule has 1 N–H and O–H groups in total. The largest absolute Gasteiger partial charge is 0.449 e. The van der Waals surface area contributed by atoms with E-state index >= 15 is 0 Å². The number of carbonyl (C=O) groups excluding carboxylic acids is 2. The minimum Gasteiger partial charge on any atom is -0.449 e. The molecule has 0 atom stereocenters. The lowest BCUT2D eigenvalue weighted by atomic mass is 10.1. The highest BCUT2D eigenvalue weighted by Crippen LogP contribution is 2.35. The van der Waals surface area contributed by atoms with Crippen LogP contribution >= 0.6 is 0 Å². The number of halogens is 1. The standard InChI is InChI=1S/C24H26FN3O4/c25-19-7-2-1-6-18(19)16-22-24(30)28(20-8-3-4-9-21(20)32-22)17-23(29)26-10-5-11-27-12-14-31-15-13-27/h1-4,6-9,16H,5,10-15,17H2,(H,26,29)/b22-16-. The summed E-state index contributed by atoms with van der Waals surface area (Å²) < 4.78 is 25.2. The van der Waals surface area contributed by atoms with Crippen LogP contribution in [0.3, 0.4) is 0 Å². The van der Waals surface area contributed by atoms with Gasteiger partial charge in [-0.25, -0.2) is 4.39 Å². The van der Waals surface area contributed by atoms with Crippen molar-refractivity contribution >= 4 is 23.6 Å². The molecule has 0 aromatic heterocycles. The molecule has 8 heteroatoms. The van der Waals surface area contributed by atoms with Crippen molar-refractivity contribution in [3.8, 4) is 5.75 Å². The lowest BCUT2D eigenvalue weighted by Gasteiger charge is -2.30. The van der Waals surface area contributed by atoms with Crippen molar-refractivity contribution in [2.24, 2.45) is 0 Å². The van der Waals surface area contributed by atoms with E-state index in [0.717, 1.165) is 39.3 Å². The molecule has 168 valence electrons. The van der Waals surface area contributed by atoms with Gasteiger partial charge in [-0.05, 0) is 37.2 Å². The Hall–Kier alpha value is -3.23. The number of para-hydroxylation sites is 2. The quantitative estimate of drug-likeness (QED) is 0.530. The van der Waals surface area contributed by atoms with Crippen LogP contribution < -0.4 is 15.0 Å². The van der Waals surface area contributed by atoms with Gasteiger partial charge in [-0.15, -0.1) is 0 Å². The van der Waals surface area contributed by atoms with E-state index in [1.807, 2.05) is 0 Å². The summed E-state index contributed by atoms with van der Waals surface area (Å²) in [6.07, 6.45) is 2.18. The Labute approximate surface area is 186 Å². The van der Waals surface area contributed by atoms with E-state index in [-0.39, 0.29) is 23.8 Å². The number of amides is 2. The third-order valence-electron chi connectivity index (χ3n) is 5.40. The molecule has 2 heterocycles. The molecule has 0 radical (unpaired) electrons. The Morgan fingerprint density at radius 1 is 1.09 bits per heavy atom. The van der Waals surface area contributed by atoms with Crippen LogP contribution in [0.2, 0.25) is 0 Å². The zero-order valence-corrected chi connectivity index (χ0v) is 17.8. The minimum atomic E-state index is -0.490. The molecule has 0 saturated carbocycles. The molecular formula is C24H26FN3O4. The summed E-state index contributed by atoms with van der Waals surface area (Å²) in [5.41, 5.74) is 0.745. The van der Waals surface area contributed by atoms with Gasteiger partial charge in [-0.3, -0.25) is 19.4 Å². The first-order valence-electron chi connectivity index (χ1n) is 10.7. The summed E-state index contributed by atoms with van der Waals surface area (Å²) >= 11 is 0. The molecule has 0 aliphatic carbocycles. The topological polar surface area (TPSA) is 71.1 Å². The predicted molar refractivity (Wildman–Crippen MR) is 119 cm³/mol. The number of hydrogen-bond donors (Lipinski definition) is 1. The average molecular weight is 439 g/mol. The summed E-state index contributed by atoms with van der Waals surface area (Å²) in [6.45, 7) is 4.56. The summed E-state index contributed by atoms with van der Waals surface area (Å²) in [6, 6.07) is 13.1. The molecule has 7 nitrogen and oxygen atoms in total. The van der Waals surface area contributed by atoms with Gasteiger partial charge < -0.3 is 14.8 Å². The summed E-state index contributed by atoms with van der Waals surface area (Å²) in [5.74, 6) is -0.804. The van der Waals surface area contributed by atoms with E-state index < -0.39 is 11.7 Å². The van der Waals surface area contributed by atoms with Gasteiger partial charge in [0.05, 0.1) is 18.9 Å². The van der Waals surface area contributed by atoms with Crippen molar-refractivity contribution < 1.29 is 23.5 Å². The first kappa shape index (κ1) is 22.0. The molecule has 2 amide bonds. The first-order chi connectivity index (χ1) is 15.6. The summed E-state index contributed by atoms with van der Waals surface area (Å²) in [4.78, 5) is 29.3. The molecule has 2 aromatic carbocycles. The Kier molecular flexibility index (Phi) is 7.14. The van der Waals surface area contributed by atoms with Gasteiger partial charge >= 0.3 is 0 Å². The SMILES string of the molecule is O=C(CN1C(=O)/C(=C/c2ccccc2F)Oc2ccccc21)NCCCN1CCOCC1. The maximum Gasteiger partial charge on any atom is 0.294 e. The molecular weight excluding hydrogens is 413 g/mol. The fourth-order valence-corrected chi connectivity index (χ4v) is 3.71. The highest BCUT2D eigenvalue weighted by atomic mass is 19.1. The Bertz CT molecular complexity index is 1000. The van der Waals surface area contributed by atoms with E-state index in [2.05, 4.69) is 10.2 Å². The predicted octanol–water partition coefficient (Wildman–Crippen LogP) is 2.43. The van der Waals surface area contributed by atoms with Gasteiger partial charge in [0.2, 0.25) is 5.91 Å². The average Bonchev–Trinajstić information content (AvgIpc) is 2.81. The third-order valence-corrected chi connectivity index (χ3v) is 5.40. The second kappa shape index (κ2) is 10.4. The number of benzene rings is 2. The van der Waals surface area contributed by atoms with Gasteiger partial charge in [0.25, 0.3) is 5.91 Å². The lowest BCUT2D eigenvalue weighted by molar-refractivity contribution is -0.123. The van der Waals surface area contributed by atoms with Crippen molar-refractivity contribution in [2.45, 2.75) is 6.42 Å². The summed E-state index contributed by atoms with van der Waals surface area (Å²) in [7, 11) is 0. The van der Waals surface area contributed by atoms with Crippen LogP contribution in [0.1, 0.15) is 12.0 Å². The van der Waals surface area contributed by atoms with Crippen LogP contribution in [-0.4, -0.2) is 62.7 Å². The maximum atomic E-state index is 14.1. The van der Waals surface area contributed by atoms with E-state index in [1.165, 1.54) is 17.0 Å². The molecule has 0 unspecified atom stereocenters. The van der Waals surface area contributed by atoms with Crippen molar-refractivity contribution in [2.75, 3.05) is 50.8 Å². The van der Waals surface area contributed by atoms with E-state index in [0.29, 0.717) is 18.0 Å². The van der Waals surface area contributed by atoms with Crippen molar-refractivity contribution in [1.82, 2.24) is 10.2 Å². The van der Waals surface area contributed by atoms with Crippen LogP contribution in [0.15, 0.2) is 54.3 Å². The van der Waals surface area contributed by atoms with Gasteiger partial charge in [-0.2, -0.15) is 0 Å². The molecule has 32 heavy (non-hydrogen) atoms. The third kappa shape index (κ3) is 5.33. The molecule has 1 fully saturated rings. The number of anilines is 1. The van der Waals surface area contributed by atoms with Gasteiger partial charge in [-0.1, -0.05) is 30.3 Å². The molecule has 2 aromatic rings. The molecule has 0 spiro atoms. The fraction of sp³-hybridized carbons (Fsp3) is 0.333. The monoisotopic (exact) mass is 439 g/mol. The second-order valence-corrected chi connectivity index (χ2v) is 7.65. The molecule has 2 aliphatic rings. The maximum absolute atomic E-state index is 14.1. The smallest absolute Gasteiger partial charge is 0.294 e. The number of ether oxygens (including phenoxy) is 2. The van der Waals surface area contributed by atoms with Crippen LogP contribution in [0.25, 0.3) is 6.08 Å². The number of morpholine rings is 1. The van der Waals surface area contributed by atoms with Crippen molar-refractivity contribution in [1.29, 1.82) is 0 Å². The number of rotatable bonds is 7. The first-order valence-corrected chi connectivity index (χ1v) is 10.7. The van der Waals surface area contributed by atoms with E-state index in [9.17, 15) is 14.0 Å². The van der Waals surface area contributed by atoms with Crippen molar-refractivity contribution in [3.63, 3.8) is 0 Å². The number of carbonyl (C=O) groups is 2. The van der Waals surface area contributed by atoms with Crippen LogP contribution in [0, 0.1) is 5.82 Å². The molecule has 2 aliphatic heterocycles. The minimum absolute atomic E-state index is 0.0334. The fourth-order valence-electron chi connectivity index (χ4n) is 3.71. The Morgan fingerprint density at radius 3 is 2.66 bits per heavy atom. The van der Waals surface area contributed by atoms with Gasteiger partial charge in [0.1, 0.15) is 12.4 Å². The Balaban J connectivity index is 1.41. The Morgan fingerprint density at radius 2 is 1.84 bits per heavy atom. The van der Waals surface area contributed by atoms with Gasteiger partial charge in [0.15, 0.2) is 11.5 Å². The number of hydrogen-bond acceptors (Lipinski definition) is 5. The lowest BCUT2D eigenvalue weighted by Crippen LogP contribution is -2.44. The van der Waals surface area contributed by atoms with E-state index in [1.54, 1.807) is 42.5 Å². The molecule has 4 rings (SSSR count). The second-order valence-electron chi connectivity index (χ2n) is 7.65. The normalized spacial score (nSPS) is 17.7. The van der Waals surface area contributed by atoms with Crippen LogP contribution in [0.5, 0.6) is 5.75 Å². The number of fused-ring (bicyclic) bond motifs is 1. The van der Waals surface area contributed by atoms with Crippen molar-refractivity contribution in [3.05, 3.63) is 65.7 Å². The van der Waals surface area contributed by atoms with Gasteiger partial charge in [0, 0.05) is 25.2 Å². The van der Waals surface area contributed by atoms with Crippen LogP contribution in [-0.2, 0) is 14.3 Å². The van der Waals surface area contributed by atoms with E-state index in [4.69, 9.17) is 9.47 Å². The summed E-state index contributed by atoms with van der Waals surface area (Å²) in [5, 5.41) is 2.88. The molecule has 1 saturated heterocycles. The molecule has 0 bridgehead atoms.